The van der Waals surface area contributed by atoms with Gasteiger partial charge in [0.15, 0.2) is 5.69 Å². The van der Waals surface area contributed by atoms with E-state index in [0.29, 0.717) is 18.2 Å². The third-order valence-electron chi connectivity index (χ3n) is 6.44. The summed E-state index contributed by atoms with van der Waals surface area (Å²) in [6.45, 7) is 12.9. The average Bonchev–Trinajstić information content (AvgIpc) is 3.41. The fourth-order valence-electron chi connectivity index (χ4n) is 4.62. The quantitative estimate of drug-likeness (QED) is 0.436. The van der Waals surface area contributed by atoms with Crippen molar-refractivity contribution in [3.8, 4) is 16.4 Å². The second-order valence-corrected chi connectivity index (χ2v) is 10.6. The molecule has 1 saturated heterocycles. The molecule has 0 bridgehead atoms. The highest BCUT2D eigenvalue weighted by Gasteiger charge is 2.29. The number of piperazine rings is 1. The standard InChI is InChI=1S/C27H31N5OS/c1-16(2)25-23(20-8-6-7-17(3)13-20)29-27(34-25)32-22-10-9-18(4)14-21(22)24(30-32)26(33)31-12-11-28-15-19(31)5/h6-10,13-14,16,19,28H,11-12,15H2,1-5H3. The summed E-state index contributed by atoms with van der Waals surface area (Å²) in [5, 5.41) is 9.92. The summed E-state index contributed by atoms with van der Waals surface area (Å²) in [5.74, 6) is 0.316. The summed E-state index contributed by atoms with van der Waals surface area (Å²) < 4.78 is 1.87. The molecule has 2 aromatic heterocycles. The minimum atomic E-state index is -0.0112. The molecule has 4 aromatic rings. The van der Waals surface area contributed by atoms with Crippen molar-refractivity contribution >= 4 is 28.1 Å². The number of hydrogen-bond donors (Lipinski definition) is 1. The van der Waals surface area contributed by atoms with Gasteiger partial charge in [0.25, 0.3) is 5.91 Å². The Morgan fingerprint density at radius 1 is 1.15 bits per heavy atom. The number of nitrogens with zero attached hydrogens (tertiary/aromatic N) is 4. The highest BCUT2D eigenvalue weighted by molar-refractivity contribution is 7.14. The predicted octanol–water partition coefficient (Wildman–Crippen LogP) is 5.32. The first-order chi connectivity index (χ1) is 16.3. The highest BCUT2D eigenvalue weighted by Crippen LogP contribution is 2.37. The van der Waals surface area contributed by atoms with E-state index in [9.17, 15) is 4.79 Å². The molecule has 7 heteroatoms. The summed E-state index contributed by atoms with van der Waals surface area (Å²) in [5.41, 5.74) is 5.85. The maximum atomic E-state index is 13.6. The molecule has 0 radical (unpaired) electrons. The molecule has 1 fully saturated rings. The van der Waals surface area contributed by atoms with Gasteiger partial charge in [0.05, 0.1) is 11.2 Å². The van der Waals surface area contributed by atoms with Gasteiger partial charge < -0.3 is 10.2 Å². The monoisotopic (exact) mass is 473 g/mol. The van der Waals surface area contributed by atoms with Crippen LogP contribution in [0.3, 0.4) is 0 Å². The fourth-order valence-corrected chi connectivity index (χ4v) is 5.67. The number of thiazole rings is 1. The third kappa shape index (κ3) is 4.03. The minimum Gasteiger partial charge on any atom is -0.332 e. The largest absolute Gasteiger partial charge is 0.332 e. The van der Waals surface area contributed by atoms with Crippen molar-refractivity contribution < 1.29 is 4.79 Å². The molecular weight excluding hydrogens is 442 g/mol. The molecule has 1 amide bonds. The van der Waals surface area contributed by atoms with Crippen LogP contribution in [0.5, 0.6) is 0 Å². The van der Waals surface area contributed by atoms with Crippen LogP contribution in [0.1, 0.15) is 53.2 Å². The molecule has 6 nitrogen and oxygen atoms in total. The van der Waals surface area contributed by atoms with Gasteiger partial charge in [-0.15, -0.1) is 0 Å². The van der Waals surface area contributed by atoms with Crippen LogP contribution in [-0.2, 0) is 0 Å². The Kier molecular flexibility index (Phi) is 6.00. The lowest BCUT2D eigenvalue weighted by atomic mass is 10.0. The van der Waals surface area contributed by atoms with Crippen molar-refractivity contribution in [3.63, 3.8) is 0 Å². The Labute approximate surface area is 204 Å². The SMILES string of the molecule is Cc1cccc(-c2nc(-n3nc(C(=O)N4CCNCC4C)c4cc(C)ccc43)sc2C(C)C)c1. The lowest BCUT2D eigenvalue weighted by Crippen LogP contribution is -2.52. The number of amides is 1. The van der Waals surface area contributed by atoms with Crippen LogP contribution in [0.25, 0.3) is 27.3 Å². The highest BCUT2D eigenvalue weighted by atomic mass is 32.1. The van der Waals surface area contributed by atoms with Gasteiger partial charge in [0.2, 0.25) is 5.13 Å². The Morgan fingerprint density at radius 2 is 1.94 bits per heavy atom. The number of benzene rings is 2. The van der Waals surface area contributed by atoms with Gasteiger partial charge in [0.1, 0.15) is 0 Å². The van der Waals surface area contributed by atoms with Gasteiger partial charge in [-0.2, -0.15) is 5.10 Å². The number of carbonyl (C=O) groups excluding carboxylic acids is 1. The molecule has 0 aliphatic carbocycles. The third-order valence-corrected chi connectivity index (χ3v) is 7.77. The molecule has 1 aliphatic rings. The number of aryl methyl sites for hydroxylation is 2. The maximum Gasteiger partial charge on any atom is 0.275 e. The number of nitrogens with one attached hydrogen (secondary N) is 1. The zero-order chi connectivity index (χ0) is 24.0. The number of aromatic nitrogens is 3. The molecule has 5 rings (SSSR count). The second-order valence-electron chi connectivity index (χ2n) is 9.57. The topological polar surface area (TPSA) is 63.1 Å². The molecule has 1 unspecified atom stereocenters. The number of fused-ring (bicyclic) bond motifs is 1. The van der Waals surface area contributed by atoms with E-state index >= 15 is 0 Å². The van der Waals surface area contributed by atoms with Crippen molar-refractivity contribution in [1.29, 1.82) is 0 Å². The van der Waals surface area contributed by atoms with E-state index in [1.165, 1.54) is 10.4 Å². The fraction of sp³-hybridized carbons (Fsp3) is 0.370. The molecule has 2 aromatic carbocycles. The Balaban J connectivity index is 1.66. The lowest BCUT2D eigenvalue weighted by molar-refractivity contribution is 0.0651. The Morgan fingerprint density at radius 3 is 2.68 bits per heavy atom. The van der Waals surface area contributed by atoms with Crippen LogP contribution in [0.15, 0.2) is 42.5 Å². The van der Waals surface area contributed by atoms with Crippen LogP contribution < -0.4 is 5.32 Å². The normalized spacial score (nSPS) is 16.5. The molecule has 0 saturated carbocycles. The zero-order valence-corrected chi connectivity index (χ0v) is 21.2. The molecule has 3 heterocycles. The van der Waals surface area contributed by atoms with E-state index in [2.05, 4.69) is 82.4 Å². The van der Waals surface area contributed by atoms with E-state index in [1.54, 1.807) is 11.3 Å². The number of carbonyl (C=O) groups is 1. The smallest absolute Gasteiger partial charge is 0.275 e. The molecule has 34 heavy (non-hydrogen) atoms. The lowest BCUT2D eigenvalue weighted by Gasteiger charge is -2.33. The Bertz CT molecular complexity index is 1370. The summed E-state index contributed by atoms with van der Waals surface area (Å²) in [4.78, 5) is 21.9. The van der Waals surface area contributed by atoms with Gasteiger partial charge in [-0.1, -0.05) is 60.6 Å². The van der Waals surface area contributed by atoms with E-state index in [1.807, 2.05) is 9.58 Å². The molecule has 176 valence electrons. The summed E-state index contributed by atoms with van der Waals surface area (Å²) in [6.07, 6.45) is 0. The van der Waals surface area contributed by atoms with Gasteiger partial charge in [0, 0.05) is 41.5 Å². The van der Waals surface area contributed by atoms with Crippen molar-refractivity contribution in [2.75, 3.05) is 19.6 Å². The van der Waals surface area contributed by atoms with Crippen LogP contribution in [0, 0.1) is 13.8 Å². The van der Waals surface area contributed by atoms with Crippen LogP contribution >= 0.6 is 11.3 Å². The molecule has 1 atom stereocenters. The average molecular weight is 474 g/mol. The van der Waals surface area contributed by atoms with E-state index < -0.39 is 0 Å². The summed E-state index contributed by atoms with van der Waals surface area (Å²) in [6, 6.07) is 14.8. The molecule has 1 N–H and O–H groups in total. The first-order valence-electron chi connectivity index (χ1n) is 11.9. The van der Waals surface area contributed by atoms with Crippen LogP contribution in [0.2, 0.25) is 0 Å². The van der Waals surface area contributed by atoms with E-state index in [0.717, 1.165) is 45.9 Å². The van der Waals surface area contributed by atoms with E-state index in [4.69, 9.17) is 10.1 Å². The van der Waals surface area contributed by atoms with Gasteiger partial charge in [-0.05, 0) is 44.9 Å². The number of rotatable bonds is 4. The minimum absolute atomic E-state index is 0.0112. The zero-order valence-electron chi connectivity index (χ0n) is 20.4. The molecule has 1 aliphatic heterocycles. The second kappa shape index (κ2) is 8.96. The van der Waals surface area contributed by atoms with Crippen molar-refractivity contribution in [1.82, 2.24) is 25.0 Å². The predicted molar refractivity (Wildman–Crippen MR) is 139 cm³/mol. The van der Waals surface area contributed by atoms with Gasteiger partial charge in [-0.3, -0.25) is 4.79 Å². The van der Waals surface area contributed by atoms with Crippen molar-refractivity contribution in [3.05, 3.63) is 64.2 Å². The Hall–Kier alpha value is -3.03. The van der Waals surface area contributed by atoms with Gasteiger partial charge in [-0.25, -0.2) is 9.67 Å². The number of hydrogen-bond acceptors (Lipinski definition) is 5. The van der Waals surface area contributed by atoms with Crippen LogP contribution in [0.4, 0.5) is 0 Å². The summed E-state index contributed by atoms with van der Waals surface area (Å²) in [7, 11) is 0. The maximum absolute atomic E-state index is 13.6. The van der Waals surface area contributed by atoms with E-state index in [-0.39, 0.29) is 11.9 Å². The first-order valence-corrected chi connectivity index (χ1v) is 12.7. The molecule has 0 spiro atoms. The molecular formula is C27H31N5OS. The van der Waals surface area contributed by atoms with Crippen LogP contribution in [-0.4, -0.2) is 51.2 Å². The van der Waals surface area contributed by atoms with Gasteiger partial charge >= 0.3 is 0 Å². The van der Waals surface area contributed by atoms with Crippen molar-refractivity contribution in [2.24, 2.45) is 0 Å². The summed E-state index contributed by atoms with van der Waals surface area (Å²) >= 11 is 1.66. The first kappa shape index (κ1) is 22.7. The van der Waals surface area contributed by atoms with Crippen molar-refractivity contribution in [2.45, 2.75) is 46.6 Å².